The molecule has 212 valence electrons. The topological polar surface area (TPSA) is 51.8 Å². The van der Waals surface area contributed by atoms with Crippen LogP contribution in [0.1, 0.15) is 17.5 Å². The van der Waals surface area contributed by atoms with Gasteiger partial charge in [0.15, 0.2) is 17.5 Å². The molecule has 2 aromatic heterocycles. The molecule has 0 N–H and O–H groups in total. The third-order valence-electron chi connectivity index (χ3n) is 8.81. The second kappa shape index (κ2) is 10.4. The SMILES string of the molecule is C1=Cc2cccc(-c3nc(-c4ccccc4)nc(-c4ccc(-c5ccc6ccccc6c5)c5oc6ccccc6c45)n3)c2CC1. The van der Waals surface area contributed by atoms with Gasteiger partial charge in [-0.3, -0.25) is 0 Å². The Hall–Kier alpha value is -5.87. The van der Waals surface area contributed by atoms with E-state index in [9.17, 15) is 0 Å². The summed E-state index contributed by atoms with van der Waals surface area (Å²) in [5, 5.41) is 4.45. The Bertz CT molecular complexity index is 2440. The van der Waals surface area contributed by atoms with E-state index in [-0.39, 0.29) is 0 Å². The minimum atomic E-state index is 0.629. The number of fused-ring (bicyclic) bond motifs is 5. The number of benzene rings is 6. The molecule has 6 aromatic carbocycles. The van der Waals surface area contributed by atoms with Gasteiger partial charge in [-0.1, -0.05) is 115 Å². The Morgan fingerprint density at radius 1 is 0.533 bits per heavy atom. The fraction of sp³-hybridized carbons (Fsp3) is 0.0488. The lowest BCUT2D eigenvalue weighted by molar-refractivity contribution is 0.670. The number of aromatic nitrogens is 3. The van der Waals surface area contributed by atoms with Gasteiger partial charge in [-0.15, -0.1) is 0 Å². The molecular weight excluding hydrogens is 550 g/mol. The van der Waals surface area contributed by atoms with Crippen molar-refractivity contribution in [3.05, 3.63) is 145 Å². The second-order valence-electron chi connectivity index (χ2n) is 11.5. The summed E-state index contributed by atoms with van der Waals surface area (Å²) >= 11 is 0. The smallest absolute Gasteiger partial charge is 0.164 e. The van der Waals surface area contributed by atoms with Crippen molar-refractivity contribution < 1.29 is 4.42 Å². The zero-order chi connectivity index (χ0) is 29.7. The minimum Gasteiger partial charge on any atom is -0.455 e. The molecule has 8 aromatic rings. The van der Waals surface area contributed by atoms with Crippen molar-refractivity contribution in [1.82, 2.24) is 15.0 Å². The quantitative estimate of drug-likeness (QED) is 0.209. The number of hydrogen-bond acceptors (Lipinski definition) is 4. The van der Waals surface area contributed by atoms with Crippen LogP contribution in [0.3, 0.4) is 0 Å². The van der Waals surface area contributed by atoms with Crippen LogP contribution in [-0.4, -0.2) is 15.0 Å². The van der Waals surface area contributed by atoms with Crippen LogP contribution in [-0.2, 0) is 6.42 Å². The van der Waals surface area contributed by atoms with Crippen LogP contribution in [0.4, 0.5) is 0 Å². The van der Waals surface area contributed by atoms with E-state index < -0.39 is 0 Å². The predicted octanol–water partition coefficient (Wildman–Crippen LogP) is 10.6. The molecule has 4 nitrogen and oxygen atoms in total. The van der Waals surface area contributed by atoms with E-state index in [2.05, 4.69) is 109 Å². The van der Waals surface area contributed by atoms with E-state index in [0.29, 0.717) is 17.5 Å². The van der Waals surface area contributed by atoms with Gasteiger partial charge in [0.1, 0.15) is 11.2 Å². The van der Waals surface area contributed by atoms with Gasteiger partial charge in [0.25, 0.3) is 0 Å². The summed E-state index contributed by atoms with van der Waals surface area (Å²) in [5.74, 6) is 1.97. The summed E-state index contributed by atoms with van der Waals surface area (Å²) in [6, 6.07) is 44.1. The number of nitrogens with zero attached hydrogens (tertiary/aromatic N) is 3. The van der Waals surface area contributed by atoms with Gasteiger partial charge in [-0.05, 0) is 64.6 Å². The number of para-hydroxylation sites is 1. The fourth-order valence-electron chi connectivity index (χ4n) is 6.62. The van der Waals surface area contributed by atoms with Crippen molar-refractivity contribution in [1.29, 1.82) is 0 Å². The molecule has 4 heteroatoms. The zero-order valence-corrected chi connectivity index (χ0v) is 24.4. The molecule has 1 aliphatic rings. The van der Waals surface area contributed by atoms with Crippen LogP contribution in [0.5, 0.6) is 0 Å². The standard InChI is InChI=1S/C41H27N3O/c1-2-13-28(14-3-1)39-42-40(33-19-10-16-27-12-6-7-17-31(27)33)44-41(43-39)35-24-23-32(30-22-21-26-11-4-5-15-29(26)25-30)38-37(35)34-18-8-9-20-36(34)45-38/h1-6,8-16,18-25H,7,17H2. The molecular formula is C41H27N3O. The van der Waals surface area contributed by atoms with Crippen molar-refractivity contribution in [3.8, 4) is 45.3 Å². The lowest BCUT2D eigenvalue weighted by Crippen LogP contribution is -2.04. The molecule has 0 aliphatic heterocycles. The summed E-state index contributed by atoms with van der Waals surface area (Å²) in [5.41, 5.74) is 9.24. The van der Waals surface area contributed by atoms with Gasteiger partial charge in [-0.2, -0.15) is 0 Å². The Labute approximate surface area is 260 Å². The highest BCUT2D eigenvalue weighted by Crippen LogP contribution is 2.42. The van der Waals surface area contributed by atoms with Crippen LogP contribution < -0.4 is 0 Å². The first-order chi connectivity index (χ1) is 22.3. The van der Waals surface area contributed by atoms with E-state index in [4.69, 9.17) is 19.4 Å². The fourth-order valence-corrected chi connectivity index (χ4v) is 6.62. The highest BCUT2D eigenvalue weighted by atomic mass is 16.3. The summed E-state index contributed by atoms with van der Waals surface area (Å²) < 4.78 is 6.64. The Morgan fingerprint density at radius 3 is 2.20 bits per heavy atom. The molecule has 0 saturated carbocycles. The second-order valence-corrected chi connectivity index (χ2v) is 11.5. The Kier molecular flexibility index (Phi) is 5.91. The molecule has 0 atom stereocenters. The van der Waals surface area contributed by atoms with Gasteiger partial charge in [-0.25, -0.2) is 15.0 Å². The number of furan rings is 1. The van der Waals surface area contributed by atoms with Gasteiger partial charge >= 0.3 is 0 Å². The van der Waals surface area contributed by atoms with E-state index >= 15 is 0 Å². The molecule has 0 fully saturated rings. The average Bonchev–Trinajstić information content (AvgIpc) is 3.51. The molecule has 0 bridgehead atoms. The van der Waals surface area contributed by atoms with E-state index in [1.807, 2.05) is 30.3 Å². The maximum absolute atomic E-state index is 6.64. The van der Waals surface area contributed by atoms with Gasteiger partial charge in [0.05, 0.1) is 0 Å². The predicted molar refractivity (Wildman–Crippen MR) is 184 cm³/mol. The molecule has 0 saturated heterocycles. The van der Waals surface area contributed by atoms with Crippen molar-refractivity contribution in [2.45, 2.75) is 12.8 Å². The van der Waals surface area contributed by atoms with Crippen LogP contribution in [0.25, 0.3) is 84.1 Å². The van der Waals surface area contributed by atoms with Crippen LogP contribution >= 0.6 is 0 Å². The third-order valence-corrected chi connectivity index (χ3v) is 8.81. The summed E-state index contributed by atoms with van der Waals surface area (Å²) in [7, 11) is 0. The third kappa shape index (κ3) is 4.34. The highest BCUT2D eigenvalue weighted by molar-refractivity contribution is 6.16. The number of allylic oxidation sites excluding steroid dienone is 1. The lowest BCUT2D eigenvalue weighted by Gasteiger charge is -2.16. The molecule has 9 rings (SSSR count). The molecule has 0 unspecified atom stereocenters. The maximum Gasteiger partial charge on any atom is 0.164 e. The van der Waals surface area contributed by atoms with Crippen LogP contribution in [0.2, 0.25) is 0 Å². The van der Waals surface area contributed by atoms with Crippen molar-refractivity contribution in [3.63, 3.8) is 0 Å². The Balaban J connectivity index is 1.32. The first-order valence-corrected chi connectivity index (χ1v) is 15.3. The Morgan fingerprint density at radius 2 is 1.29 bits per heavy atom. The van der Waals surface area contributed by atoms with Crippen molar-refractivity contribution in [2.75, 3.05) is 0 Å². The molecule has 0 radical (unpaired) electrons. The zero-order valence-electron chi connectivity index (χ0n) is 24.4. The number of hydrogen-bond donors (Lipinski definition) is 0. The van der Waals surface area contributed by atoms with E-state index in [1.165, 1.54) is 21.9 Å². The van der Waals surface area contributed by atoms with Crippen molar-refractivity contribution >= 4 is 38.8 Å². The molecule has 0 amide bonds. The van der Waals surface area contributed by atoms with E-state index in [1.54, 1.807) is 0 Å². The lowest BCUT2D eigenvalue weighted by atomic mass is 9.92. The van der Waals surface area contributed by atoms with Crippen molar-refractivity contribution in [2.24, 2.45) is 0 Å². The first-order valence-electron chi connectivity index (χ1n) is 15.3. The molecule has 2 heterocycles. The monoisotopic (exact) mass is 577 g/mol. The van der Waals surface area contributed by atoms with Gasteiger partial charge < -0.3 is 4.42 Å². The average molecular weight is 578 g/mol. The first kappa shape index (κ1) is 25.6. The van der Waals surface area contributed by atoms with Gasteiger partial charge in [0.2, 0.25) is 0 Å². The maximum atomic E-state index is 6.64. The molecule has 45 heavy (non-hydrogen) atoms. The van der Waals surface area contributed by atoms with E-state index in [0.717, 1.165) is 62.6 Å². The normalized spacial score (nSPS) is 12.6. The van der Waals surface area contributed by atoms with Gasteiger partial charge in [0, 0.05) is 33.0 Å². The molecule has 0 spiro atoms. The summed E-state index contributed by atoms with van der Waals surface area (Å²) in [6.45, 7) is 0. The number of rotatable bonds is 4. The largest absolute Gasteiger partial charge is 0.455 e. The van der Waals surface area contributed by atoms with Crippen LogP contribution in [0.15, 0.2) is 138 Å². The van der Waals surface area contributed by atoms with Crippen LogP contribution in [0, 0.1) is 0 Å². The minimum absolute atomic E-state index is 0.629. The highest BCUT2D eigenvalue weighted by Gasteiger charge is 2.22. The molecule has 1 aliphatic carbocycles. The summed E-state index contributed by atoms with van der Waals surface area (Å²) in [6.07, 6.45) is 6.40. The summed E-state index contributed by atoms with van der Waals surface area (Å²) in [4.78, 5) is 15.4.